The maximum Gasteiger partial charge on any atom is 0.322 e. The van der Waals surface area contributed by atoms with E-state index < -0.39 is 11.6 Å². The highest BCUT2D eigenvalue weighted by Crippen LogP contribution is 2.27. The standard InChI is InChI=1S/C19H26ClN5O3/c1-4-19(17(27)22-18(28)23-19)8-12(2)16(26)24-5-6-25(13(3)11-24)15-7-14(20)9-21-10-15/h7,9-10,12-13H,4-6,8,11H2,1-3H3,(H2,22,23,27,28)/t12-,13?,19?/m0/s1. The summed E-state index contributed by atoms with van der Waals surface area (Å²) in [5.74, 6) is -0.737. The van der Waals surface area contributed by atoms with Crippen molar-refractivity contribution in [3.8, 4) is 0 Å². The Morgan fingerprint density at radius 1 is 1.39 bits per heavy atom. The molecule has 0 radical (unpaired) electrons. The van der Waals surface area contributed by atoms with Gasteiger partial charge < -0.3 is 15.1 Å². The minimum absolute atomic E-state index is 0.00232. The first-order valence-corrected chi connectivity index (χ1v) is 9.93. The smallest absolute Gasteiger partial charge is 0.322 e. The van der Waals surface area contributed by atoms with Crippen LogP contribution in [0.2, 0.25) is 5.02 Å². The van der Waals surface area contributed by atoms with E-state index in [1.54, 1.807) is 12.4 Å². The van der Waals surface area contributed by atoms with Gasteiger partial charge in [-0.2, -0.15) is 0 Å². The van der Waals surface area contributed by atoms with Gasteiger partial charge in [0.25, 0.3) is 5.91 Å². The van der Waals surface area contributed by atoms with E-state index in [1.807, 2.05) is 24.8 Å². The van der Waals surface area contributed by atoms with Crippen LogP contribution in [0.4, 0.5) is 10.5 Å². The van der Waals surface area contributed by atoms with E-state index in [2.05, 4.69) is 27.4 Å². The maximum absolute atomic E-state index is 13.0. The number of piperazine rings is 1. The van der Waals surface area contributed by atoms with Gasteiger partial charge in [0.1, 0.15) is 5.54 Å². The summed E-state index contributed by atoms with van der Waals surface area (Å²) >= 11 is 6.05. The zero-order valence-corrected chi connectivity index (χ0v) is 17.1. The molecule has 0 aliphatic carbocycles. The highest BCUT2D eigenvalue weighted by atomic mass is 35.5. The summed E-state index contributed by atoms with van der Waals surface area (Å²) in [7, 11) is 0. The Kier molecular flexibility index (Phi) is 5.79. The van der Waals surface area contributed by atoms with Crippen molar-refractivity contribution in [2.24, 2.45) is 5.92 Å². The minimum Gasteiger partial charge on any atom is -0.364 e. The summed E-state index contributed by atoms with van der Waals surface area (Å²) in [6.45, 7) is 7.55. The van der Waals surface area contributed by atoms with Gasteiger partial charge in [0, 0.05) is 37.8 Å². The molecule has 0 saturated carbocycles. The number of urea groups is 1. The van der Waals surface area contributed by atoms with Crippen LogP contribution in [0.3, 0.4) is 0 Å². The quantitative estimate of drug-likeness (QED) is 0.725. The predicted molar refractivity (Wildman–Crippen MR) is 106 cm³/mol. The Bertz CT molecular complexity index is 789. The van der Waals surface area contributed by atoms with Crippen LogP contribution in [0.15, 0.2) is 18.5 Å². The second-order valence-corrected chi connectivity index (χ2v) is 8.07. The van der Waals surface area contributed by atoms with Crippen molar-refractivity contribution < 1.29 is 14.4 Å². The molecular weight excluding hydrogens is 382 g/mol. The van der Waals surface area contributed by atoms with E-state index in [1.165, 1.54) is 0 Å². The number of anilines is 1. The van der Waals surface area contributed by atoms with E-state index in [9.17, 15) is 14.4 Å². The molecule has 2 aliphatic rings. The molecule has 3 atom stereocenters. The number of hydrogen-bond donors (Lipinski definition) is 2. The van der Waals surface area contributed by atoms with Crippen LogP contribution in [0.1, 0.15) is 33.6 Å². The lowest BCUT2D eigenvalue weighted by Crippen LogP contribution is -2.56. The van der Waals surface area contributed by atoms with Gasteiger partial charge in [-0.1, -0.05) is 25.4 Å². The Balaban J connectivity index is 1.64. The first-order chi connectivity index (χ1) is 13.3. The van der Waals surface area contributed by atoms with Crippen molar-refractivity contribution in [3.63, 3.8) is 0 Å². The third-order valence-electron chi connectivity index (χ3n) is 5.66. The van der Waals surface area contributed by atoms with E-state index in [0.717, 1.165) is 5.69 Å². The molecule has 2 N–H and O–H groups in total. The Labute approximate surface area is 169 Å². The van der Waals surface area contributed by atoms with Crippen LogP contribution >= 0.6 is 11.6 Å². The van der Waals surface area contributed by atoms with Crippen molar-refractivity contribution in [3.05, 3.63) is 23.5 Å². The van der Waals surface area contributed by atoms with Crippen LogP contribution < -0.4 is 15.5 Å². The number of rotatable bonds is 5. The molecule has 3 heterocycles. The van der Waals surface area contributed by atoms with Gasteiger partial charge in [0.15, 0.2) is 0 Å². The van der Waals surface area contributed by atoms with Crippen LogP contribution in [0.5, 0.6) is 0 Å². The van der Waals surface area contributed by atoms with E-state index in [0.29, 0.717) is 31.1 Å². The molecule has 2 aliphatic heterocycles. The van der Waals surface area contributed by atoms with Gasteiger partial charge in [-0.05, 0) is 25.8 Å². The molecule has 152 valence electrons. The number of imide groups is 1. The average Bonchev–Trinajstić information content (AvgIpc) is 2.94. The molecular formula is C19H26ClN5O3. The van der Waals surface area contributed by atoms with Crippen molar-refractivity contribution in [2.75, 3.05) is 24.5 Å². The molecule has 8 nitrogen and oxygen atoms in total. The number of nitrogens with zero attached hydrogens (tertiary/aromatic N) is 3. The fourth-order valence-electron chi connectivity index (χ4n) is 4.09. The van der Waals surface area contributed by atoms with Gasteiger partial charge >= 0.3 is 6.03 Å². The number of hydrogen-bond acceptors (Lipinski definition) is 5. The Hall–Kier alpha value is -2.35. The molecule has 2 unspecified atom stereocenters. The van der Waals surface area contributed by atoms with E-state index in [4.69, 9.17) is 11.6 Å². The molecule has 28 heavy (non-hydrogen) atoms. The van der Waals surface area contributed by atoms with Gasteiger partial charge in [-0.3, -0.25) is 19.9 Å². The van der Waals surface area contributed by atoms with Gasteiger partial charge in [0.2, 0.25) is 5.91 Å². The first-order valence-electron chi connectivity index (χ1n) is 9.55. The van der Waals surface area contributed by atoms with Crippen molar-refractivity contribution in [1.29, 1.82) is 0 Å². The molecule has 0 bridgehead atoms. The average molecular weight is 408 g/mol. The molecule has 1 aromatic rings. The minimum atomic E-state index is -1.01. The van der Waals surface area contributed by atoms with Gasteiger partial charge in [0.05, 0.1) is 16.9 Å². The summed E-state index contributed by atoms with van der Waals surface area (Å²) in [4.78, 5) is 44.9. The molecule has 0 spiro atoms. The summed E-state index contributed by atoms with van der Waals surface area (Å²) in [5, 5.41) is 5.56. The second kappa shape index (κ2) is 7.95. The largest absolute Gasteiger partial charge is 0.364 e. The summed E-state index contributed by atoms with van der Waals surface area (Å²) in [6.07, 6.45) is 4.09. The van der Waals surface area contributed by atoms with E-state index >= 15 is 0 Å². The normalized spacial score (nSPS) is 26.1. The lowest BCUT2D eigenvalue weighted by Gasteiger charge is -2.42. The third kappa shape index (κ3) is 3.92. The number of carbonyl (C=O) groups excluding carboxylic acids is 3. The third-order valence-corrected chi connectivity index (χ3v) is 5.86. The number of pyridine rings is 1. The van der Waals surface area contributed by atoms with Crippen LogP contribution in [-0.4, -0.2) is 58.9 Å². The topological polar surface area (TPSA) is 94.6 Å². The second-order valence-electron chi connectivity index (χ2n) is 7.64. The Morgan fingerprint density at radius 2 is 2.14 bits per heavy atom. The molecule has 4 amide bonds. The lowest BCUT2D eigenvalue weighted by molar-refractivity contribution is -0.137. The zero-order valence-electron chi connectivity index (χ0n) is 16.4. The molecule has 2 saturated heterocycles. The van der Waals surface area contributed by atoms with Crippen LogP contribution in [0.25, 0.3) is 0 Å². The molecule has 2 fully saturated rings. The highest BCUT2D eigenvalue weighted by Gasteiger charge is 2.46. The SMILES string of the molecule is CCC1(C[C@H](C)C(=O)N2CCN(c3cncc(Cl)c3)C(C)C2)NC(=O)NC1=O. The lowest BCUT2D eigenvalue weighted by atomic mass is 9.85. The number of nitrogens with one attached hydrogen (secondary N) is 2. The summed E-state index contributed by atoms with van der Waals surface area (Å²) < 4.78 is 0. The van der Waals surface area contributed by atoms with Crippen LogP contribution in [-0.2, 0) is 9.59 Å². The number of amides is 4. The maximum atomic E-state index is 13.0. The Morgan fingerprint density at radius 3 is 2.71 bits per heavy atom. The van der Waals surface area contributed by atoms with Crippen molar-refractivity contribution in [1.82, 2.24) is 20.5 Å². The molecule has 9 heteroatoms. The van der Waals surface area contributed by atoms with Crippen molar-refractivity contribution >= 4 is 35.1 Å². The fraction of sp³-hybridized carbons (Fsp3) is 0.579. The molecule has 3 rings (SSSR count). The number of carbonyl (C=O) groups is 3. The molecule has 1 aromatic heterocycles. The zero-order chi connectivity index (χ0) is 20.5. The molecule has 0 aromatic carbocycles. The summed E-state index contributed by atoms with van der Waals surface area (Å²) in [6, 6.07) is 1.49. The van der Waals surface area contributed by atoms with Gasteiger partial charge in [-0.15, -0.1) is 0 Å². The predicted octanol–water partition coefficient (Wildman–Crippen LogP) is 1.79. The first kappa shape index (κ1) is 20.4. The van der Waals surface area contributed by atoms with E-state index in [-0.39, 0.29) is 30.2 Å². The fourth-order valence-corrected chi connectivity index (χ4v) is 4.25. The number of halogens is 1. The van der Waals surface area contributed by atoms with Crippen LogP contribution in [0, 0.1) is 5.92 Å². The summed E-state index contributed by atoms with van der Waals surface area (Å²) in [5.41, 5.74) is -0.0677. The van der Waals surface area contributed by atoms with Crippen molar-refractivity contribution in [2.45, 2.75) is 45.2 Å². The highest BCUT2D eigenvalue weighted by molar-refractivity contribution is 6.30. The van der Waals surface area contributed by atoms with Gasteiger partial charge in [-0.25, -0.2) is 4.79 Å². The monoisotopic (exact) mass is 407 g/mol. The number of aromatic nitrogens is 1.